The highest BCUT2D eigenvalue weighted by Crippen LogP contribution is 2.34. The van der Waals surface area contributed by atoms with E-state index < -0.39 is 0 Å². The summed E-state index contributed by atoms with van der Waals surface area (Å²) < 4.78 is 12.4. The Bertz CT molecular complexity index is 725. The number of benzene rings is 2. The quantitative estimate of drug-likeness (QED) is 0.521. The minimum atomic E-state index is 0.337. The molecular formula is C19H22BrCl2NO2. The van der Waals surface area contributed by atoms with E-state index in [4.69, 9.17) is 32.7 Å². The van der Waals surface area contributed by atoms with Gasteiger partial charge >= 0.3 is 0 Å². The molecule has 2 aromatic carbocycles. The Morgan fingerprint density at radius 3 is 2.52 bits per heavy atom. The third-order valence-corrected chi connectivity index (χ3v) is 5.31. The number of hydrogen-bond donors (Lipinski definition) is 1. The van der Waals surface area contributed by atoms with Crippen molar-refractivity contribution in [1.82, 2.24) is 5.32 Å². The number of nitrogens with one attached hydrogen (secondary N) is 1. The van der Waals surface area contributed by atoms with E-state index in [1.165, 1.54) is 0 Å². The van der Waals surface area contributed by atoms with E-state index in [9.17, 15) is 0 Å². The topological polar surface area (TPSA) is 30.5 Å². The molecule has 0 radical (unpaired) electrons. The van der Waals surface area contributed by atoms with Gasteiger partial charge in [-0.25, -0.2) is 0 Å². The molecule has 0 aliphatic heterocycles. The van der Waals surface area contributed by atoms with Gasteiger partial charge < -0.3 is 14.8 Å². The summed E-state index contributed by atoms with van der Waals surface area (Å²) in [5.74, 6) is 1.35. The fourth-order valence-corrected chi connectivity index (χ4v) is 3.13. The molecule has 0 bridgehead atoms. The molecule has 0 fully saturated rings. The van der Waals surface area contributed by atoms with Gasteiger partial charge in [0.15, 0.2) is 11.5 Å². The summed E-state index contributed by atoms with van der Waals surface area (Å²) in [4.78, 5) is 0. The van der Waals surface area contributed by atoms with E-state index in [0.717, 1.165) is 28.6 Å². The monoisotopic (exact) mass is 445 g/mol. The maximum Gasteiger partial charge on any atom is 0.162 e. The molecular weight excluding hydrogens is 425 g/mol. The average Bonchev–Trinajstić information content (AvgIpc) is 2.59. The molecule has 3 nitrogen and oxygen atoms in total. The van der Waals surface area contributed by atoms with E-state index in [1.807, 2.05) is 18.2 Å². The lowest BCUT2D eigenvalue weighted by Crippen LogP contribution is -2.24. The third-order valence-electron chi connectivity index (χ3n) is 3.98. The van der Waals surface area contributed by atoms with Crippen molar-refractivity contribution in [2.24, 2.45) is 0 Å². The van der Waals surface area contributed by atoms with E-state index in [0.29, 0.717) is 34.2 Å². The maximum absolute atomic E-state index is 6.20. The molecule has 0 aliphatic carbocycles. The van der Waals surface area contributed by atoms with Crippen molar-refractivity contribution in [3.05, 3.63) is 56.0 Å². The number of hydrogen-bond acceptors (Lipinski definition) is 3. The number of methoxy groups -OCH3 is 1. The molecule has 0 amide bonds. The van der Waals surface area contributed by atoms with Crippen LogP contribution in [0.15, 0.2) is 34.8 Å². The molecule has 0 spiro atoms. The molecule has 0 aromatic heterocycles. The molecule has 1 atom stereocenters. The minimum absolute atomic E-state index is 0.337. The predicted molar refractivity (Wildman–Crippen MR) is 108 cm³/mol. The number of rotatable bonds is 8. The van der Waals surface area contributed by atoms with Gasteiger partial charge in [-0.15, -0.1) is 0 Å². The van der Waals surface area contributed by atoms with Crippen LogP contribution in [0.2, 0.25) is 10.0 Å². The van der Waals surface area contributed by atoms with Crippen molar-refractivity contribution in [2.75, 3.05) is 7.11 Å². The Labute approximate surface area is 167 Å². The zero-order chi connectivity index (χ0) is 18.4. The molecule has 2 aromatic rings. The second-order valence-electron chi connectivity index (χ2n) is 5.81. The van der Waals surface area contributed by atoms with Gasteiger partial charge in [-0.1, -0.05) is 52.1 Å². The van der Waals surface area contributed by atoms with Crippen molar-refractivity contribution >= 4 is 39.1 Å². The summed E-state index contributed by atoms with van der Waals surface area (Å²) in [6.07, 6.45) is 1.08. The number of ether oxygens (including phenoxy) is 2. The predicted octanol–water partition coefficient (Wildman–Crippen LogP) is 6.23. The lowest BCUT2D eigenvalue weighted by molar-refractivity contribution is 0.284. The van der Waals surface area contributed by atoms with Crippen molar-refractivity contribution in [3.8, 4) is 11.5 Å². The Kier molecular flexibility index (Phi) is 7.88. The van der Waals surface area contributed by atoms with Gasteiger partial charge in [-0.05, 0) is 43.2 Å². The largest absolute Gasteiger partial charge is 0.493 e. The van der Waals surface area contributed by atoms with Crippen LogP contribution < -0.4 is 14.8 Å². The van der Waals surface area contributed by atoms with Crippen LogP contribution in [0.25, 0.3) is 0 Å². The molecule has 25 heavy (non-hydrogen) atoms. The maximum atomic E-state index is 6.20. The third kappa shape index (κ3) is 5.78. The molecule has 0 heterocycles. The Morgan fingerprint density at radius 1 is 1.12 bits per heavy atom. The average molecular weight is 447 g/mol. The molecule has 1 N–H and O–H groups in total. The zero-order valence-corrected chi connectivity index (χ0v) is 17.6. The fraction of sp³-hybridized carbons (Fsp3) is 0.368. The summed E-state index contributed by atoms with van der Waals surface area (Å²) in [7, 11) is 1.64. The molecule has 2 rings (SSSR count). The molecule has 0 saturated carbocycles. The highest BCUT2D eigenvalue weighted by Gasteiger charge is 2.12. The Hall–Kier alpha value is -0.940. The van der Waals surface area contributed by atoms with Crippen molar-refractivity contribution in [2.45, 2.75) is 39.5 Å². The summed E-state index contributed by atoms with van der Waals surface area (Å²) >= 11 is 15.7. The molecule has 136 valence electrons. The summed E-state index contributed by atoms with van der Waals surface area (Å²) in [5.41, 5.74) is 1.99. The first-order chi connectivity index (χ1) is 11.9. The fourth-order valence-electron chi connectivity index (χ4n) is 2.21. The first kappa shape index (κ1) is 20.4. The molecule has 0 aliphatic rings. The molecule has 6 heteroatoms. The van der Waals surface area contributed by atoms with Crippen molar-refractivity contribution < 1.29 is 9.47 Å². The van der Waals surface area contributed by atoms with Gasteiger partial charge in [0.1, 0.15) is 6.61 Å². The highest BCUT2D eigenvalue weighted by molar-refractivity contribution is 9.10. The normalized spacial score (nSPS) is 12.1. The van der Waals surface area contributed by atoms with E-state index in [-0.39, 0.29) is 0 Å². The van der Waals surface area contributed by atoms with Crippen LogP contribution in [0.4, 0.5) is 0 Å². The minimum Gasteiger partial charge on any atom is -0.493 e. The first-order valence-corrected chi connectivity index (χ1v) is 9.66. The van der Waals surface area contributed by atoms with Crippen LogP contribution >= 0.6 is 39.1 Å². The highest BCUT2D eigenvalue weighted by atomic mass is 79.9. The van der Waals surface area contributed by atoms with Gasteiger partial charge in [0.05, 0.1) is 7.11 Å². The Balaban J connectivity index is 2.13. The van der Waals surface area contributed by atoms with Gasteiger partial charge in [0, 0.05) is 32.7 Å². The standard InChI is InChI=1S/C19H22BrCl2NO2/c1-4-12(2)23-10-14-7-18(24-3)19(9-16(14)20)25-11-13-5-6-15(21)8-17(13)22/h5-9,12,23H,4,10-11H2,1-3H3. The second kappa shape index (κ2) is 9.67. The van der Waals surface area contributed by atoms with Gasteiger partial charge in [0.25, 0.3) is 0 Å². The second-order valence-corrected chi connectivity index (χ2v) is 7.51. The summed E-state index contributed by atoms with van der Waals surface area (Å²) in [5, 5.41) is 4.66. The van der Waals surface area contributed by atoms with E-state index in [2.05, 4.69) is 35.1 Å². The van der Waals surface area contributed by atoms with Crippen LogP contribution in [-0.4, -0.2) is 13.2 Å². The SMILES string of the molecule is CCC(C)NCc1cc(OC)c(OCc2ccc(Cl)cc2Cl)cc1Br. The van der Waals surface area contributed by atoms with E-state index >= 15 is 0 Å². The van der Waals surface area contributed by atoms with Crippen molar-refractivity contribution in [3.63, 3.8) is 0 Å². The lowest BCUT2D eigenvalue weighted by Gasteiger charge is -2.16. The molecule has 0 saturated heterocycles. The summed E-state index contributed by atoms with van der Waals surface area (Å²) in [6.45, 7) is 5.42. The van der Waals surface area contributed by atoms with Gasteiger partial charge in [0.2, 0.25) is 0 Å². The lowest BCUT2D eigenvalue weighted by atomic mass is 10.1. The van der Waals surface area contributed by atoms with Crippen LogP contribution in [0, 0.1) is 0 Å². The van der Waals surface area contributed by atoms with Gasteiger partial charge in [-0.2, -0.15) is 0 Å². The van der Waals surface area contributed by atoms with Crippen LogP contribution in [0.3, 0.4) is 0 Å². The molecule has 1 unspecified atom stereocenters. The Morgan fingerprint density at radius 2 is 1.88 bits per heavy atom. The van der Waals surface area contributed by atoms with Crippen LogP contribution in [0.5, 0.6) is 11.5 Å². The first-order valence-electron chi connectivity index (χ1n) is 8.11. The van der Waals surface area contributed by atoms with Crippen LogP contribution in [0.1, 0.15) is 31.4 Å². The zero-order valence-electron chi connectivity index (χ0n) is 14.5. The summed E-state index contributed by atoms with van der Waals surface area (Å²) in [6, 6.07) is 9.73. The van der Waals surface area contributed by atoms with Gasteiger partial charge in [-0.3, -0.25) is 0 Å². The van der Waals surface area contributed by atoms with Crippen molar-refractivity contribution in [1.29, 1.82) is 0 Å². The van der Waals surface area contributed by atoms with E-state index in [1.54, 1.807) is 19.2 Å². The van der Waals surface area contributed by atoms with Crippen LogP contribution in [-0.2, 0) is 13.2 Å². The smallest absolute Gasteiger partial charge is 0.162 e. The number of halogens is 3.